The van der Waals surface area contributed by atoms with Crippen LogP contribution < -0.4 is 5.69 Å². The first-order chi connectivity index (χ1) is 8.66. The van der Waals surface area contributed by atoms with Crippen molar-refractivity contribution in [2.24, 2.45) is 0 Å². The average Bonchev–Trinajstić information content (AvgIpc) is 2.81. The summed E-state index contributed by atoms with van der Waals surface area (Å²) >= 11 is 5.83. The topological polar surface area (TPSA) is 75.9 Å². The molecule has 90 valence electrons. The van der Waals surface area contributed by atoms with E-state index in [4.69, 9.17) is 11.6 Å². The normalized spacial score (nSPS) is 11.0. The number of aryl methyl sites for hydroxylation is 1. The molecule has 7 heteroatoms. The molecule has 3 rings (SSSR count). The van der Waals surface area contributed by atoms with Crippen molar-refractivity contribution >= 4 is 17.2 Å². The number of hydrogen-bond donors (Lipinski definition) is 1. The summed E-state index contributed by atoms with van der Waals surface area (Å²) in [6.45, 7) is 1.76. The molecule has 1 N–H and O–H groups in total. The summed E-state index contributed by atoms with van der Waals surface area (Å²) in [5.41, 5.74) is 1.46. The van der Waals surface area contributed by atoms with Gasteiger partial charge in [0, 0.05) is 10.6 Å². The molecule has 0 radical (unpaired) electrons. The molecule has 3 aromatic rings. The smallest absolute Gasteiger partial charge is 0.246 e. The molecule has 0 amide bonds. The molecule has 0 saturated heterocycles. The van der Waals surface area contributed by atoms with E-state index in [1.54, 1.807) is 31.2 Å². The van der Waals surface area contributed by atoms with Gasteiger partial charge in [0.25, 0.3) is 0 Å². The summed E-state index contributed by atoms with van der Waals surface area (Å²) in [5.74, 6) is 0.466. The van der Waals surface area contributed by atoms with Gasteiger partial charge in [-0.05, 0) is 31.2 Å². The van der Waals surface area contributed by atoms with Crippen LogP contribution in [0.15, 0.2) is 29.1 Å². The molecule has 0 spiro atoms. The Balaban J connectivity index is 2.34. The molecule has 0 aliphatic heterocycles. The van der Waals surface area contributed by atoms with Crippen LogP contribution in [-0.2, 0) is 0 Å². The van der Waals surface area contributed by atoms with Crippen LogP contribution in [0.3, 0.4) is 0 Å². The lowest BCUT2D eigenvalue weighted by Crippen LogP contribution is -2.19. The van der Waals surface area contributed by atoms with Crippen LogP contribution in [-0.4, -0.2) is 24.8 Å². The number of halogens is 1. The van der Waals surface area contributed by atoms with Crippen molar-refractivity contribution in [1.82, 2.24) is 24.8 Å². The highest BCUT2D eigenvalue weighted by Crippen LogP contribution is 2.19. The van der Waals surface area contributed by atoms with Crippen LogP contribution in [0.1, 0.15) is 5.69 Å². The summed E-state index contributed by atoms with van der Waals surface area (Å²) in [4.78, 5) is 11.8. The molecular formula is C11H8ClN5O. The molecule has 0 aliphatic rings. The Morgan fingerprint density at radius 2 is 1.94 bits per heavy atom. The van der Waals surface area contributed by atoms with Crippen molar-refractivity contribution in [3.8, 4) is 11.4 Å². The third-order valence-corrected chi connectivity index (χ3v) is 2.86. The molecule has 0 fully saturated rings. The molecule has 0 bridgehead atoms. The molecule has 18 heavy (non-hydrogen) atoms. The van der Waals surface area contributed by atoms with Crippen molar-refractivity contribution in [3.05, 3.63) is 45.5 Å². The van der Waals surface area contributed by atoms with E-state index >= 15 is 0 Å². The second kappa shape index (κ2) is 3.92. The van der Waals surface area contributed by atoms with Crippen molar-refractivity contribution in [3.63, 3.8) is 0 Å². The second-order valence-corrected chi connectivity index (χ2v) is 4.24. The van der Waals surface area contributed by atoms with E-state index in [9.17, 15) is 4.79 Å². The predicted octanol–water partition coefficient (Wildman–Crippen LogP) is 1.44. The van der Waals surface area contributed by atoms with Crippen molar-refractivity contribution < 1.29 is 0 Å². The van der Waals surface area contributed by atoms with E-state index in [2.05, 4.69) is 20.4 Å². The van der Waals surface area contributed by atoms with E-state index < -0.39 is 0 Å². The van der Waals surface area contributed by atoms with E-state index in [0.29, 0.717) is 22.2 Å². The Kier molecular flexibility index (Phi) is 2.38. The summed E-state index contributed by atoms with van der Waals surface area (Å²) in [5, 5.41) is 14.9. The Morgan fingerprint density at radius 1 is 1.22 bits per heavy atom. The van der Waals surface area contributed by atoms with Crippen LogP contribution in [0.5, 0.6) is 0 Å². The molecule has 0 atom stereocenters. The van der Waals surface area contributed by atoms with E-state index in [0.717, 1.165) is 5.56 Å². The van der Waals surface area contributed by atoms with Gasteiger partial charge in [-0.25, -0.2) is 14.3 Å². The number of aromatic nitrogens is 5. The number of H-pyrrole nitrogens is 1. The highest BCUT2D eigenvalue weighted by Gasteiger charge is 2.12. The Morgan fingerprint density at radius 3 is 2.67 bits per heavy atom. The fraction of sp³-hybridized carbons (Fsp3) is 0.0909. The van der Waals surface area contributed by atoms with Crippen molar-refractivity contribution in [1.29, 1.82) is 0 Å². The fourth-order valence-corrected chi connectivity index (χ4v) is 1.85. The van der Waals surface area contributed by atoms with E-state index in [1.807, 2.05) is 0 Å². The van der Waals surface area contributed by atoms with Gasteiger partial charge >= 0.3 is 5.69 Å². The average molecular weight is 262 g/mol. The molecule has 1 aromatic carbocycles. The predicted molar refractivity (Wildman–Crippen MR) is 66.6 cm³/mol. The van der Waals surface area contributed by atoms with Crippen LogP contribution in [0.2, 0.25) is 5.02 Å². The number of nitrogens with zero attached hydrogens (tertiary/aromatic N) is 4. The monoisotopic (exact) mass is 261 g/mol. The maximum atomic E-state index is 11.8. The highest BCUT2D eigenvalue weighted by atomic mass is 35.5. The second-order valence-electron chi connectivity index (χ2n) is 3.80. The SMILES string of the molecule is Cc1n[nH]c(=O)n2c(-c3ccc(Cl)cc3)nnc12. The van der Waals surface area contributed by atoms with Gasteiger partial charge in [0.1, 0.15) is 5.69 Å². The van der Waals surface area contributed by atoms with Gasteiger partial charge in [-0.2, -0.15) is 5.10 Å². The maximum Gasteiger partial charge on any atom is 0.349 e. The van der Waals surface area contributed by atoms with E-state index in [1.165, 1.54) is 4.40 Å². The summed E-state index contributed by atoms with van der Waals surface area (Å²) in [7, 11) is 0. The summed E-state index contributed by atoms with van der Waals surface area (Å²) in [6.07, 6.45) is 0. The van der Waals surface area contributed by atoms with Crippen LogP contribution in [0.4, 0.5) is 0 Å². The first-order valence-corrected chi connectivity index (χ1v) is 5.61. The minimum absolute atomic E-state index is 0.370. The minimum atomic E-state index is -0.370. The lowest BCUT2D eigenvalue weighted by atomic mass is 10.2. The van der Waals surface area contributed by atoms with E-state index in [-0.39, 0.29) is 5.69 Å². The van der Waals surface area contributed by atoms with Gasteiger partial charge in [-0.3, -0.25) is 0 Å². The van der Waals surface area contributed by atoms with Gasteiger partial charge < -0.3 is 0 Å². The standard InChI is InChI=1S/C11H8ClN5O/c1-6-9-14-15-10(17(9)11(18)16-13-6)7-2-4-8(12)5-3-7/h2-5H,1H3,(H,16,18). The molecule has 2 heterocycles. The van der Waals surface area contributed by atoms with Gasteiger partial charge in [0.2, 0.25) is 0 Å². The molecule has 0 aliphatic carbocycles. The van der Waals surface area contributed by atoms with Gasteiger partial charge in [-0.15, -0.1) is 10.2 Å². The quantitative estimate of drug-likeness (QED) is 0.719. The Hall–Kier alpha value is -2.21. The maximum absolute atomic E-state index is 11.8. The molecular weight excluding hydrogens is 254 g/mol. The number of rotatable bonds is 1. The van der Waals surface area contributed by atoms with Crippen LogP contribution in [0, 0.1) is 6.92 Å². The fourth-order valence-electron chi connectivity index (χ4n) is 1.73. The number of benzene rings is 1. The molecule has 2 aromatic heterocycles. The number of aromatic amines is 1. The number of fused-ring (bicyclic) bond motifs is 1. The third kappa shape index (κ3) is 1.58. The lowest BCUT2D eigenvalue weighted by molar-refractivity contribution is 0.860. The highest BCUT2D eigenvalue weighted by molar-refractivity contribution is 6.30. The zero-order chi connectivity index (χ0) is 12.7. The Bertz CT molecular complexity index is 774. The van der Waals surface area contributed by atoms with Crippen LogP contribution in [0.25, 0.3) is 17.0 Å². The lowest BCUT2D eigenvalue weighted by Gasteiger charge is -1.99. The third-order valence-electron chi connectivity index (χ3n) is 2.61. The molecule has 0 unspecified atom stereocenters. The first-order valence-electron chi connectivity index (χ1n) is 5.23. The van der Waals surface area contributed by atoms with Gasteiger partial charge in [0.15, 0.2) is 11.5 Å². The van der Waals surface area contributed by atoms with Crippen molar-refractivity contribution in [2.75, 3.05) is 0 Å². The number of nitrogens with one attached hydrogen (secondary N) is 1. The van der Waals surface area contributed by atoms with Gasteiger partial charge in [-0.1, -0.05) is 11.6 Å². The van der Waals surface area contributed by atoms with Crippen molar-refractivity contribution in [2.45, 2.75) is 6.92 Å². The Labute approximate surface area is 106 Å². The molecule has 6 nitrogen and oxygen atoms in total. The number of hydrogen-bond acceptors (Lipinski definition) is 4. The minimum Gasteiger partial charge on any atom is -0.246 e. The zero-order valence-electron chi connectivity index (χ0n) is 9.38. The summed E-state index contributed by atoms with van der Waals surface area (Å²) < 4.78 is 1.39. The van der Waals surface area contributed by atoms with Crippen LogP contribution >= 0.6 is 11.6 Å². The van der Waals surface area contributed by atoms with Gasteiger partial charge in [0.05, 0.1) is 0 Å². The zero-order valence-corrected chi connectivity index (χ0v) is 10.1. The first kappa shape index (κ1) is 10.9. The summed E-state index contributed by atoms with van der Waals surface area (Å²) in [6, 6.07) is 7.04. The largest absolute Gasteiger partial charge is 0.349 e. The molecule has 0 saturated carbocycles.